The van der Waals surface area contributed by atoms with Crippen LogP contribution in [-0.4, -0.2) is 58.1 Å². The normalized spacial score (nSPS) is 10.7. The Morgan fingerprint density at radius 3 is 1.81 bits per heavy atom. The number of hydrogen-bond acceptors (Lipinski definition) is 7. The molecule has 2 aromatic carbocycles. The number of carbonyl (C=O) groups is 3. The highest BCUT2D eigenvalue weighted by Gasteiger charge is 2.26. The topological polar surface area (TPSA) is 114 Å². The molecule has 0 fully saturated rings. The number of nitrogens with one attached hydrogen (secondary N) is 1. The lowest BCUT2D eigenvalue weighted by molar-refractivity contribution is -0.138. The minimum atomic E-state index is -3.14. The molecule has 3 rings (SSSR count). The first-order valence-electron chi connectivity index (χ1n) is 15.8. The SMILES string of the molecule is CC(=O)C(C)(F)F.CC(=O)CC(C)=O.CC(C)c1ccc(S(C)=O)c(-c2cccnc2)c1.CCCOCCC.Cc1ccc(C=N)cc1. The van der Waals surface area contributed by atoms with Gasteiger partial charge < -0.3 is 10.1 Å². The van der Waals surface area contributed by atoms with E-state index in [-0.39, 0.29) is 18.0 Å². The van der Waals surface area contributed by atoms with Gasteiger partial charge in [-0.05, 0) is 74.4 Å². The molecule has 0 saturated heterocycles. The molecule has 3 aromatic rings. The third-order valence-corrected chi connectivity index (χ3v) is 6.98. The summed E-state index contributed by atoms with van der Waals surface area (Å²) >= 11 is 0. The van der Waals surface area contributed by atoms with Crippen LogP contribution >= 0.6 is 0 Å². The van der Waals surface area contributed by atoms with Crippen LogP contribution < -0.4 is 0 Å². The summed E-state index contributed by atoms with van der Waals surface area (Å²) in [5.74, 6) is -3.90. The van der Waals surface area contributed by atoms with E-state index < -0.39 is 22.5 Å². The van der Waals surface area contributed by atoms with Gasteiger partial charge in [-0.25, -0.2) is 0 Å². The van der Waals surface area contributed by atoms with Gasteiger partial charge >= 0.3 is 5.92 Å². The van der Waals surface area contributed by atoms with Crippen LogP contribution in [0.3, 0.4) is 0 Å². The Hall–Kier alpha value is -3.76. The number of alkyl halides is 2. The second-order valence-corrected chi connectivity index (χ2v) is 12.6. The van der Waals surface area contributed by atoms with Crippen LogP contribution in [0.4, 0.5) is 8.78 Å². The molecule has 0 spiro atoms. The van der Waals surface area contributed by atoms with Gasteiger partial charge in [0.2, 0.25) is 0 Å². The van der Waals surface area contributed by atoms with Gasteiger partial charge in [0, 0.05) is 62.4 Å². The van der Waals surface area contributed by atoms with E-state index in [9.17, 15) is 27.4 Å². The Bertz CT molecular complexity index is 1370. The molecule has 1 unspecified atom stereocenters. The monoisotopic (exact) mass is 688 g/mol. The predicted molar refractivity (Wildman–Crippen MR) is 194 cm³/mol. The Kier molecular flexibility index (Phi) is 25.3. The van der Waals surface area contributed by atoms with Gasteiger partial charge in [-0.15, -0.1) is 0 Å². The number of nitrogens with zero attached hydrogens (tertiary/aromatic N) is 1. The van der Waals surface area contributed by atoms with Crippen LogP contribution in [0.25, 0.3) is 11.1 Å². The van der Waals surface area contributed by atoms with Gasteiger partial charge in [0.1, 0.15) is 11.6 Å². The second kappa shape index (κ2) is 26.2. The quantitative estimate of drug-likeness (QED) is 0.122. The molecule has 0 aliphatic heterocycles. The predicted octanol–water partition coefficient (Wildman–Crippen LogP) is 9.21. The lowest BCUT2D eigenvalue weighted by atomic mass is 9.98. The van der Waals surface area contributed by atoms with E-state index >= 15 is 0 Å². The summed E-state index contributed by atoms with van der Waals surface area (Å²) in [6.07, 6.45) is 8.98. The van der Waals surface area contributed by atoms with E-state index in [1.807, 2.05) is 55.6 Å². The maximum atomic E-state index is 11.8. The van der Waals surface area contributed by atoms with E-state index in [4.69, 9.17) is 10.1 Å². The van der Waals surface area contributed by atoms with Gasteiger partial charge in [0.05, 0.1) is 17.2 Å². The molecule has 0 aliphatic carbocycles. The highest BCUT2D eigenvalue weighted by atomic mass is 32.2. The Morgan fingerprint density at radius 1 is 0.958 bits per heavy atom. The molecule has 7 nitrogen and oxygen atoms in total. The highest BCUT2D eigenvalue weighted by Crippen LogP contribution is 2.29. The number of aromatic nitrogens is 1. The fraction of sp³-hybridized carbons (Fsp3) is 0.447. The molecule has 1 aromatic heterocycles. The summed E-state index contributed by atoms with van der Waals surface area (Å²) in [6, 6.07) is 17.9. The van der Waals surface area contributed by atoms with Crippen molar-refractivity contribution >= 4 is 34.4 Å². The third-order valence-electron chi connectivity index (χ3n) is 6.01. The van der Waals surface area contributed by atoms with Gasteiger partial charge in [0.15, 0.2) is 5.78 Å². The van der Waals surface area contributed by atoms with Crippen LogP contribution in [0.1, 0.15) is 97.3 Å². The molecule has 0 saturated carbocycles. The van der Waals surface area contributed by atoms with Gasteiger partial charge in [-0.3, -0.25) is 23.6 Å². The van der Waals surface area contributed by atoms with E-state index in [0.717, 1.165) is 54.6 Å². The summed E-state index contributed by atoms with van der Waals surface area (Å²) in [5.41, 5.74) is 5.49. The summed E-state index contributed by atoms with van der Waals surface area (Å²) in [7, 11) is -0.990. The van der Waals surface area contributed by atoms with Crippen LogP contribution in [0.5, 0.6) is 0 Å². The highest BCUT2D eigenvalue weighted by molar-refractivity contribution is 7.84. The summed E-state index contributed by atoms with van der Waals surface area (Å²) in [5, 5.41) is 6.89. The molecule has 1 atom stereocenters. The van der Waals surface area contributed by atoms with E-state index in [2.05, 4.69) is 44.8 Å². The number of rotatable bonds is 11. The van der Waals surface area contributed by atoms with Crippen molar-refractivity contribution in [1.29, 1.82) is 5.41 Å². The number of ether oxygens (including phenoxy) is 1. The van der Waals surface area contributed by atoms with Crippen LogP contribution in [0.2, 0.25) is 0 Å². The third kappa shape index (κ3) is 23.5. The second-order valence-electron chi connectivity index (χ2n) is 11.3. The number of benzene rings is 2. The summed E-state index contributed by atoms with van der Waals surface area (Å²) in [4.78, 5) is 34.8. The Labute approximate surface area is 288 Å². The largest absolute Gasteiger partial charge is 0.381 e. The van der Waals surface area contributed by atoms with Crippen molar-refractivity contribution in [2.24, 2.45) is 0 Å². The molecule has 0 amide bonds. The summed E-state index contributed by atoms with van der Waals surface area (Å²) < 4.78 is 39.9. The van der Waals surface area contributed by atoms with E-state index in [1.165, 1.54) is 31.2 Å². The zero-order chi connectivity index (χ0) is 37.3. The van der Waals surface area contributed by atoms with Crippen molar-refractivity contribution in [3.8, 4) is 11.1 Å². The number of pyridine rings is 1. The number of halogens is 2. The van der Waals surface area contributed by atoms with Crippen molar-refractivity contribution in [3.05, 3.63) is 83.7 Å². The molecule has 1 heterocycles. The minimum Gasteiger partial charge on any atom is -0.381 e. The molecule has 10 heteroatoms. The van der Waals surface area contributed by atoms with Crippen LogP contribution in [-0.2, 0) is 29.9 Å². The van der Waals surface area contributed by atoms with Crippen molar-refractivity contribution in [3.63, 3.8) is 0 Å². The van der Waals surface area contributed by atoms with Gasteiger partial charge in [0.25, 0.3) is 0 Å². The number of Topliss-reactive ketones (excluding diaryl/α,β-unsaturated/α-hetero) is 3. The smallest absolute Gasteiger partial charge is 0.302 e. The molecule has 266 valence electrons. The Balaban J connectivity index is 0. The minimum absolute atomic E-state index is 0.0625. The molecule has 0 aliphatic rings. The molecule has 0 radical (unpaired) electrons. The lowest BCUT2D eigenvalue weighted by Gasteiger charge is -2.12. The van der Waals surface area contributed by atoms with Crippen molar-refractivity contribution in [2.45, 2.75) is 98.3 Å². The first-order valence-corrected chi connectivity index (χ1v) is 17.4. The van der Waals surface area contributed by atoms with Crippen LogP contribution in [0, 0.1) is 12.3 Å². The van der Waals surface area contributed by atoms with Gasteiger partial charge in [-0.1, -0.05) is 69.7 Å². The molecule has 48 heavy (non-hydrogen) atoms. The Morgan fingerprint density at radius 2 is 1.48 bits per heavy atom. The maximum absolute atomic E-state index is 11.8. The molecule has 0 bridgehead atoms. The fourth-order valence-electron chi connectivity index (χ4n) is 3.31. The average molecular weight is 689 g/mol. The van der Waals surface area contributed by atoms with Gasteiger partial charge in [-0.2, -0.15) is 8.78 Å². The number of ketones is 3. The fourth-order valence-corrected chi connectivity index (χ4v) is 4.06. The maximum Gasteiger partial charge on any atom is 0.302 e. The standard InChI is InChI=1S/C15H17NOS.C8H9N.C6H14O.C5H8O2.C4H6F2O/c1-11(2)12-6-7-15(18(3)17)14(9-12)13-5-4-8-16-10-13;1-7-2-4-8(6-9)5-3-7;1-3-5-7-6-4-2;1-4(6)3-5(2)7;1-3(7)4(2,5)6/h4-11H,1-3H3;2-6,9H,1H3;3-6H2,1-2H3;3H2,1-2H3;1-2H3. The summed E-state index contributed by atoms with van der Waals surface area (Å²) in [6.45, 7) is 16.7. The first-order chi connectivity index (χ1) is 22.4. The van der Waals surface area contributed by atoms with Crippen molar-refractivity contribution < 1.29 is 32.1 Å². The zero-order valence-electron chi connectivity index (χ0n) is 30.2. The molecular weight excluding hydrogens is 634 g/mol. The van der Waals surface area contributed by atoms with Crippen molar-refractivity contribution in [1.82, 2.24) is 4.98 Å². The average Bonchev–Trinajstić information content (AvgIpc) is 3.02. The molecular formula is C38H54F2N2O5S. The number of aryl methyl sites for hydroxylation is 1. The zero-order valence-corrected chi connectivity index (χ0v) is 31.0. The van der Waals surface area contributed by atoms with Crippen molar-refractivity contribution in [2.75, 3.05) is 19.5 Å². The van der Waals surface area contributed by atoms with Crippen LogP contribution in [0.15, 0.2) is 71.9 Å². The van der Waals surface area contributed by atoms with E-state index in [0.29, 0.717) is 12.8 Å². The lowest BCUT2D eigenvalue weighted by Crippen LogP contribution is -2.20. The first kappa shape index (κ1) is 46.4. The van der Waals surface area contributed by atoms with E-state index in [1.54, 1.807) is 12.5 Å². The number of hydrogen-bond donors (Lipinski definition) is 1. The number of carbonyl (C=O) groups excluding carboxylic acids is 3. The molecule has 1 N–H and O–H groups in total.